The molecular weight excluding hydrogens is 263 g/mol. The van der Waals surface area contributed by atoms with Crippen molar-refractivity contribution in [2.45, 2.75) is 31.7 Å². The van der Waals surface area contributed by atoms with E-state index in [1.54, 1.807) is 6.07 Å². The van der Waals surface area contributed by atoms with Gasteiger partial charge in [-0.15, -0.1) is 0 Å². The van der Waals surface area contributed by atoms with E-state index in [1.807, 2.05) is 6.07 Å². The van der Waals surface area contributed by atoms with Crippen LogP contribution in [0.4, 0.5) is 10.1 Å². The van der Waals surface area contributed by atoms with Crippen LogP contribution in [-0.4, -0.2) is 25.2 Å². The number of benzene rings is 1. The Morgan fingerprint density at radius 1 is 1.37 bits per heavy atom. The topological polar surface area (TPSA) is 15.3 Å². The molecule has 2 fully saturated rings. The Bertz CT molecular complexity index is 455. The standard InChI is InChI=1S/C15H20ClFN2/c1-15(11-3-4-11)10-19(6-2-5-18-15)14-8-12(16)7-13(17)9-14/h7-9,11,18H,2-6,10H2,1H3. The van der Waals surface area contributed by atoms with Gasteiger partial charge < -0.3 is 10.2 Å². The van der Waals surface area contributed by atoms with Gasteiger partial charge in [-0.05, 0) is 56.8 Å². The van der Waals surface area contributed by atoms with Gasteiger partial charge in [0.15, 0.2) is 0 Å². The SMILES string of the molecule is CC1(C2CC2)CN(c2cc(F)cc(Cl)c2)CCCN1. The number of rotatable bonds is 2. The number of nitrogens with zero attached hydrogens (tertiary/aromatic N) is 1. The van der Waals surface area contributed by atoms with E-state index in [0.29, 0.717) is 5.02 Å². The summed E-state index contributed by atoms with van der Waals surface area (Å²) >= 11 is 5.97. The number of hydrogen-bond donors (Lipinski definition) is 1. The highest BCUT2D eigenvalue weighted by Crippen LogP contribution is 2.41. The molecule has 4 heteroatoms. The summed E-state index contributed by atoms with van der Waals surface area (Å²) < 4.78 is 13.5. The van der Waals surface area contributed by atoms with Crippen LogP contribution in [0.2, 0.25) is 5.02 Å². The first kappa shape index (κ1) is 13.2. The zero-order chi connectivity index (χ0) is 13.5. The third-order valence-electron chi connectivity index (χ3n) is 4.34. The third kappa shape index (κ3) is 2.87. The first-order valence-corrected chi connectivity index (χ1v) is 7.41. The summed E-state index contributed by atoms with van der Waals surface area (Å²) in [6, 6.07) is 4.81. The summed E-state index contributed by atoms with van der Waals surface area (Å²) in [6.45, 7) is 5.21. The molecule has 3 rings (SSSR count). The molecule has 1 saturated carbocycles. The number of halogens is 2. The van der Waals surface area contributed by atoms with Crippen molar-refractivity contribution in [3.05, 3.63) is 29.0 Å². The average Bonchev–Trinajstić information content (AvgIpc) is 3.13. The van der Waals surface area contributed by atoms with Crippen LogP contribution in [0.25, 0.3) is 0 Å². The Labute approximate surface area is 118 Å². The van der Waals surface area contributed by atoms with Crippen molar-refractivity contribution in [2.24, 2.45) is 5.92 Å². The molecule has 1 unspecified atom stereocenters. The van der Waals surface area contributed by atoms with Crippen molar-refractivity contribution in [2.75, 3.05) is 24.5 Å². The van der Waals surface area contributed by atoms with Crippen molar-refractivity contribution in [3.8, 4) is 0 Å². The molecule has 1 aromatic carbocycles. The smallest absolute Gasteiger partial charge is 0.126 e. The Balaban J connectivity index is 1.85. The quantitative estimate of drug-likeness (QED) is 0.894. The van der Waals surface area contributed by atoms with Crippen LogP contribution in [0.15, 0.2) is 18.2 Å². The lowest BCUT2D eigenvalue weighted by atomic mass is 9.95. The van der Waals surface area contributed by atoms with Gasteiger partial charge in [-0.25, -0.2) is 4.39 Å². The van der Waals surface area contributed by atoms with E-state index in [0.717, 1.165) is 37.7 Å². The molecule has 0 bridgehead atoms. The van der Waals surface area contributed by atoms with Crippen LogP contribution in [-0.2, 0) is 0 Å². The lowest BCUT2D eigenvalue weighted by Crippen LogP contribution is -2.51. The molecule has 1 atom stereocenters. The van der Waals surface area contributed by atoms with Crippen LogP contribution in [0.5, 0.6) is 0 Å². The van der Waals surface area contributed by atoms with Gasteiger partial charge in [0.2, 0.25) is 0 Å². The molecule has 1 aliphatic carbocycles. The molecule has 1 heterocycles. The zero-order valence-corrected chi connectivity index (χ0v) is 12.0. The van der Waals surface area contributed by atoms with Crippen molar-refractivity contribution < 1.29 is 4.39 Å². The largest absolute Gasteiger partial charge is 0.370 e. The normalized spacial score (nSPS) is 28.3. The fourth-order valence-corrected chi connectivity index (χ4v) is 3.33. The zero-order valence-electron chi connectivity index (χ0n) is 11.3. The minimum absolute atomic E-state index is 0.148. The molecule has 1 aromatic rings. The van der Waals surface area contributed by atoms with E-state index in [4.69, 9.17) is 11.6 Å². The van der Waals surface area contributed by atoms with Gasteiger partial charge in [0.05, 0.1) is 0 Å². The molecular formula is C15H20ClFN2. The molecule has 2 nitrogen and oxygen atoms in total. The highest BCUT2D eigenvalue weighted by molar-refractivity contribution is 6.30. The van der Waals surface area contributed by atoms with Gasteiger partial charge in [-0.2, -0.15) is 0 Å². The van der Waals surface area contributed by atoms with Gasteiger partial charge >= 0.3 is 0 Å². The van der Waals surface area contributed by atoms with Crippen molar-refractivity contribution >= 4 is 17.3 Å². The van der Waals surface area contributed by atoms with Gasteiger partial charge in [0.1, 0.15) is 5.82 Å². The van der Waals surface area contributed by atoms with E-state index in [9.17, 15) is 4.39 Å². The monoisotopic (exact) mass is 282 g/mol. The molecule has 0 spiro atoms. The fourth-order valence-electron chi connectivity index (χ4n) is 3.11. The molecule has 1 saturated heterocycles. The highest BCUT2D eigenvalue weighted by Gasteiger charge is 2.43. The van der Waals surface area contributed by atoms with Gasteiger partial charge in [0, 0.05) is 29.3 Å². The molecule has 0 aromatic heterocycles. The van der Waals surface area contributed by atoms with Crippen molar-refractivity contribution in [3.63, 3.8) is 0 Å². The predicted molar refractivity (Wildman–Crippen MR) is 77.4 cm³/mol. The minimum Gasteiger partial charge on any atom is -0.370 e. The average molecular weight is 283 g/mol. The summed E-state index contributed by atoms with van der Waals surface area (Å²) in [4.78, 5) is 2.27. The second-order valence-corrected chi connectivity index (χ2v) is 6.46. The van der Waals surface area contributed by atoms with Crippen LogP contribution < -0.4 is 10.2 Å². The maximum Gasteiger partial charge on any atom is 0.126 e. The second-order valence-electron chi connectivity index (χ2n) is 6.02. The first-order valence-electron chi connectivity index (χ1n) is 7.03. The van der Waals surface area contributed by atoms with E-state index < -0.39 is 0 Å². The van der Waals surface area contributed by atoms with Crippen molar-refractivity contribution in [1.82, 2.24) is 5.32 Å². The molecule has 104 valence electrons. The maximum absolute atomic E-state index is 13.5. The first-order chi connectivity index (χ1) is 9.07. The third-order valence-corrected chi connectivity index (χ3v) is 4.56. The van der Waals surface area contributed by atoms with Crippen LogP contribution in [0.3, 0.4) is 0 Å². The fraction of sp³-hybridized carbons (Fsp3) is 0.600. The lowest BCUT2D eigenvalue weighted by molar-refractivity contribution is 0.331. The van der Waals surface area contributed by atoms with Crippen molar-refractivity contribution in [1.29, 1.82) is 0 Å². The minimum atomic E-state index is -0.257. The van der Waals surface area contributed by atoms with E-state index in [2.05, 4.69) is 17.1 Å². The Morgan fingerprint density at radius 2 is 2.16 bits per heavy atom. The van der Waals surface area contributed by atoms with Crippen LogP contribution >= 0.6 is 11.6 Å². The summed E-state index contributed by atoms with van der Waals surface area (Å²) in [6.07, 6.45) is 3.69. The van der Waals surface area contributed by atoms with Crippen LogP contribution in [0.1, 0.15) is 26.2 Å². The number of anilines is 1. The predicted octanol–water partition coefficient (Wildman–Crippen LogP) is 3.45. The molecule has 19 heavy (non-hydrogen) atoms. The summed E-state index contributed by atoms with van der Waals surface area (Å²) in [5, 5.41) is 4.15. The van der Waals surface area contributed by atoms with E-state index in [-0.39, 0.29) is 11.4 Å². The Hall–Kier alpha value is -0.800. The van der Waals surface area contributed by atoms with Gasteiger partial charge in [-0.1, -0.05) is 11.6 Å². The Kier molecular flexibility index (Phi) is 3.44. The molecule has 0 radical (unpaired) electrons. The number of hydrogen-bond acceptors (Lipinski definition) is 2. The summed E-state index contributed by atoms with van der Waals surface area (Å²) in [7, 11) is 0. The van der Waals surface area contributed by atoms with Crippen LogP contribution in [0, 0.1) is 11.7 Å². The Morgan fingerprint density at radius 3 is 2.84 bits per heavy atom. The summed E-state index contributed by atoms with van der Waals surface area (Å²) in [5.74, 6) is 0.505. The number of nitrogens with one attached hydrogen (secondary N) is 1. The summed E-state index contributed by atoms with van der Waals surface area (Å²) in [5.41, 5.74) is 1.05. The molecule has 0 amide bonds. The molecule has 1 aliphatic heterocycles. The lowest BCUT2D eigenvalue weighted by Gasteiger charge is -2.35. The van der Waals surface area contributed by atoms with Gasteiger partial charge in [-0.3, -0.25) is 0 Å². The molecule has 2 aliphatic rings. The highest BCUT2D eigenvalue weighted by atomic mass is 35.5. The van der Waals surface area contributed by atoms with Gasteiger partial charge in [0.25, 0.3) is 0 Å². The second kappa shape index (κ2) is 4.95. The van der Waals surface area contributed by atoms with E-state index >= 15 is 0 Å². The van der Waals surface area contributed by atoms with E-state index in [1.165, 1.54) is 18.9 Å². The molecule has 1 N–H and O–H groups in total. The maximum atomic E-state index is 13.5.